The van der Waals surface area contributed by atoms with Gasteiger partial charge in [-0.25, -0.2) is 8.78 Å². The number of anilines is 1. The lowest BCUT2D eigenvalue weighted by Crippen LogP contribution is -2.54. The molecule has 2 heterocycles. The van der Waals surface area contributed by atoms with Crippen LogP contribution in [0, 0.1) is 11.6 Å². The quantitative estimate of drug-likeness (QED) is 0.439. The van der Waals surface area contributed by atoms with Crippen LogP contribution in [-0.4, -0.2) is 46.7 Å². The van der Waals surface area contributed by atoms with Crippen LogP contribution in [0.5, 0.6) is 0 Å². The van der Waals surface area contributed by atoms with Gasteiger partial charge >= 0.3 is 0 Å². The van der Waals surface area contributed by atoms with E-state index >= 15 is 0 Å². The minimum absolute atomic E-state index is 0.0284. The SMILES string of the molecule is CC1CN(C(=O)Cc2ccc(F)cc2)CCN1c1nnc(-c2ccc(F)cc2)c2ccccc12. The number of aromatic nitrogens is 2. The fourth-order valence-corrected chi connectivity index (χ4v) is 4.51. The van der Waals surface area contributed by atoms with Gasteiger partial charge in [0.2, 0.25) is 5.91 Å². The van der Waals surface area contributed by atoms with Crippen molar-refractivity contribution in [3.63, 3.8) is 0 Å². The molecule has 0 spiro atoms. The minimum Gasteiger partial charge on any atom is -0.348 e. The van der Waals surface area contributed by atoms with E-state index in [1.54, 1.807) is 24.3 Å². The van der Waals surface area contributed by atoms with Crippen LogP contribution in [-0.2, 0) is 11.2 Å². The molecule has 172 valence electrons. The first-order valence-electron chi connectivity index (χ1n) is 11.3. The van der Waals surface area contributed by atoms with Crippen LogP contribution in [0.2, 0.25) is 0 Å². The molecule has 1 unspecified atom stereocenters. The molecule has 0 N–H and O–H groups in total. The average molecular weight is 459 g/mol. The van der Waals surface area contributed by atoms with E-state index in [2.05, 4.69) is 22.0 Å². The van der Waals surface area contributed by atoms with Gasteiger partial charge in [0.05, 0.1) is 6.42 Å². The van der Waals surface area contributed by atoms with Gasteiger partial charge in [0.1, 0.15) is 17.3 Å². The van der Waals surface area contributed by atoms with E-state index in [4.69, 9.17) is 0 Å². The molecule has 1 atom stereocenters. The maximum absolute atomic E-state index is 13.4. The summed E-state index contributed by atoms with van der Waals surface area (Å²) >= 11 is 0. The second-order valence-corrected chi connectivity index (χ2v) is 8.61. The molecule has 1 aliphatic rings. The minimum atomic E-state index is -0.308. The Morgan fingerprint density at radius 1 is 0.882 bits per heavy atom. The van der Waals surface area contributed by atoms with Crippen molar-refractivity contribution in [2.24, 2.45) is 0 Å². The molecule has 0 radical (unpaired) electrons. The van der Waals surface area contributed by atoms with Crippen molar-refractivity contribution in [3.8, 4) is 11.3 Å². The third kappa shape index (κ3) is 4.33. The van der Waals surface area contributed by atoms with Crippen LogP contribution in [0.1, 0.15) is 12.5 Å². The highest BCUT2D eigenvalue weighted by Crippen LogP contribution is 2.33. The second-order valence-electron chi connectivity index (χ2n) is 8.61. The molecular formula is C27H24F2N4O. The molecule has 3 aromatic carbocycles. The van der Waals surface area contributed by atoms with Gasteiger partial charge in [-0.3, -0.25) is 4.79 Å². The number of amides is 1. The standard InChI is InChI=1S/C27H24F2N4O/c1-18-17-32(25(34)16-19-6-10-21(28)11-7-19)14-15-33(18)27-24-5-3-2-4-23(24)26(30-31-27)20-8-12-22(29)13-9-20/h2-13,18H,14-17H2,1H3. The summed E-state index contributed by atoms with van der Waals surface area (Å²) in [6, 6.07) is 20.3. The number of nitrogens with zero attached hydrogens (tertiary/aromatic N) is 4. The lowest BCUT2D eigenvalue weighted by molar-refractivity contribution is -0.131. The first-order chi connectivity index (χ1) is 16.5. The van der Waals surface area contributed by atoms with E-state index in [1.165, 1.54) is 24.3 Å². The molecule has 0 saturated carbocycles. The summed E-state index contributed by atoms with van der Waals surface area (Å²) < 4.78 is 26.6. The van der Waals surface area contributed by atoms with E-state index in [9.17, 15) is 13.6 Å². The van der Waals surface area contributed by atoms with Crippen molar-refractivity contribution in [1.82, 2.24) is 15.1 Å². The van der Waals surface area contributed by atoms with E-state index in [1.807, 2.05) is 29.2 Å². The maximum atomic E-state index is 13.4. The third-order valence-corrected chi connectivity index (χ3v) is 6.31. The van der Waals surface area contributed by atoms with Crippen molar-refractivity contribution in [2.75, 3.05) is 24.5 Å². The first-order valence-corrected chi connectivity index (χ1v) is 11.3. The van der Waals surface area contributed by atoms with E-state index in [0.717, 1.165) is 27.7 Å². The monoisotopic (exact) mass is 458 g/mol. The Bertz CT molecular complexity index is 1330. The van der Waals surface area contributed by atoms with Gasteiger partial charge in [0.25, 0.3) is 0 Å². The van der Waals surface area contributed by atoms with Gasteiger partial charge in [0, 0.05) is 42.0 Å². The zero-order valence-electron chi connectivity index (χ0n) is 18.8. The number of carbonyl (C=O) groups is 1. The van der Waals surface area contributed by atoms with Crippen molar-refractivity contribution in [1.29, 1.82) is 0 Å². The van der Waals surface area contributed by atoms with Gasteiger partial charge in [0.15, 0.2) is 5.82 Å². The number of hydrogen-bond donors (Lipinski definition) is 0. The molecule has 1 amide bonds. The zero-order valence-corrected chi connectivity index (χ0v) is 18.8. The normalized spacial score (nSPS) is 16.1. The van der Waals surface area contributed by atoms with Crippen LogP contribution < -0.4 is 4.90 Å². The van der Waals surface area contributed by atoms with E-state index in [0.29, 0.717) is 25.3 Å². The Hall–Kier alpha value is -3.87. The lowest BCUT2D eigenvalue weighted by Gasteiger charge is -2.40. The van der Waals surface area contributed by atoms with Crippen LogP contribution in [0.3, 0.4) is 0 Å². The summed E-state index contributed by atoms with van der Waals surface area (Å²) in [7, 11) is 0. The number of halogens is 2. The highest BCUT2D eigenvalue weighted by atomic mass is 19.1. The van der Waals surface area contributed by atoms with Crippen LogP contribution in [0.15, 0.2) is 72.8 Å². The molecule has 7 heteroatoms. The molecule has 0 aliphatic carbocycles. The van der Waals surface area contributed by atoms with Crippen molar-refractivity contribution in [3.05, 3.63) is 90.0 Å². The number of piperazine rings is 1. The summed E-state index contributed by atoms with van der Waals surface area (Å²) in [5, 5.41) is 11.0. The molecule has 0 bridgehead atoms. The molecule has 1 fully saturated rings. The number of fused-ring (bicyclic) bond motifs is 1. The van der Waals surface area contributed by atoms with Gasteiger partial charge in [-0.05, 0) is 48.9 Å². The Morgan fingerprint density at radius 3 is 2.21 bits per heavy atom. The zero-order chi connectivity index (χ0) is 23.7. The average Bonchev–Trinajstić information content (AvgIpc) is 2.85. The van der Waals surface area contributed by atoms with Crippen LogP contribution >= 0.6 is 0 Å². The molecule has 4 aromatic rings. The Morgan fingerprint density at radius 2 is 1.53 bits per heavy atom. The largest absolute Gasteiger partial charge is 0.348 e. The van der Waals surface area contributed by atoms with Gasteiger partial charge in [-0.2, -0.15) is 0 Å². The van der Waals surface area contributed by atoms with Crippen molar-refractivity contribution < 1.29 is 13.6 Å². The van der Waals surface area contributed by atoms with Gasteiger partial charge < -0.3 is 9.80 Å². The summed E-state index contributed by atoms with van der Waals surface area (Å²) in [5.41, 5.74) is 2.32. The number of hydrogen-bond acceptors (Lipinski definition) is 4. The van der Waals surface area contributed by atoms with E-state index < -0.39 is 0 Å². The van der Waals surface area contributed by atoms with Gasteiger partial charge in [-0.15, -0.1) is 10.2 Å². The summed E-state index contributed by atoms with van der Waals surface area (Å²) in [6.07, 6.45) is 0.252. The Kier molecular flexibility index (Phi) is 5.92. The van der Waals surface area contributed by atoms with Crippen LogP contribution in [0.25, 0.3) is 22.0 Å². The van der Waals surface area contributed by atoms with Crippen LogP contribution in [0.4, 0.5) is 14.6 Å². The molecular weight excluding hydrogens is 434 g/mol. The predicted molar refractivity (Wildman–Crippen MR) is 128 cm³/mol. The highest BCUT2D eigenvalue weighted by molar-refractivity contribution is 6.00. The molecule has 34 heavy (non-hydrogen) atoms. The summed E-state index contributed by atoms with van der Waals surface area (Å²) in [6.45, 7) is 3.84. The van der Waals surface area contributed by atoms with E-state index in [-0.39, 0.29) is 30.0 Å². The second kappa shape index (κ2) is 9.17. The summed E-state index contributed by atoms with van der Waals surface area (Å²) in [4.78, 5) is 16.9. The molecule has 5 nitrogen and oxygen atoms in total. The number of rotatable bonds is 4. The fourth-order valence-electron chi connectivity index (χ4n) is 4.51. The molecule has 1 aromatic heterocycles. The molecule has 1 saturated heterocycles. The smallest absolute Gasteiger partial charge is 0.227 e. The molecule has 5 rings (SSSR count). The topological polar surface area (TPSA) is 49.3 Å². The molecule has 1 aliphatic heterocycles. The Balaban J connectivity index is 1.37. The highest BCUT2D eigenvalue weighted by Gasteiger charge is 2.29. The van der Waals surface area contributed by atoms with Gasteiger partial charge in [-0.1, -0.05) is 36.4 Å². The van der Waals surface area contributed by atoms with Crippen molar-refractivity contribution in [2.45, 2.75) is 19.4 Å². The third-order valence-electron chi connectivity index (χ3n) is 6.31. The van der Waals surface area contributed by atoms with Crippen molar-refractivity contribution >= 4 is 22.5 Å². The maximum Gasteiger partial charge on any atom is 0.227 e. The number of benzene rings is 3. The summed E-state index contributed by atoms with van der Waals surface area (Å²) in [5.74, 6) is 0.204. The Labute approximate surface area is 196 Å². The predicted octanol–water partition coefficient (Wildman–Crippen LogP) is 4.85. The number of carbonyl (C=O) groups excluding carboxylic acids is 1. The fraction of sp³-hybridized carbons (Fsp3) is 0.222. The first kappa shape index (κ1) is 21.9. The lowest BCUT2D eigenvalue weighted by atomic mass is 10.0.